The average Bonchev–Trinajstić information content (AvgIpc) is 2.32. The van der Waals surface area contributed by atoms with Crippen molar-refractivity contribution >= 4 is 17.6 Å². The normalized spacial score (nSPS) is 24.6. The summed E-state index contributed by atoms with van der Waals surface area (Å²) in [7, 11) is 0. The molecule has 1 fully saturated rings. The second-order valence-corrected chi connectivity index (χ2v) is 4.46. The molecule has 1 heterocycles. The van der Waals surface area contributed by atoms with Gasteiger partial charge in [0, 0.05) is 6.61 Å². The highest BCUT2D eigenvalue weighted by Crippen LogP contribution is 2.35. The molecule has 1 aliphatic heterocycles. The monoisotopic (exact) mass is 258 g/mol. The molecule has 1 aliphatic rings. The van der Waals surface area contributed by atoms with Gasteiger partial charge in [-0.3, -0.25) is 4.79 Å². The zero-order valence-corrected chi connectivity index (χ0v) is 9.78. The van der Waals surface area contributed by atoms with E-state index in [0.29, 0.717) is 18.6 Å². The molecule has 1 aromatic rings. The third kappa shape index (κ3) is 2.58. The van der Waals surface area contributed by atoms with Gasteiger partial charge in [0.15, 0.2) is 0 Å². The van der Waals surface area contributed by atoms with Crippen LogP contribution in [0.15, 0.2) is 18.2 Å². The van der Waals surface area contributed by atoms with Gasteiger partial charge in [0.05, 0.1) is 17.0 Å². The third-order valence-corrected chi connectivity index (χ3v) is 3.20. The van der Waals surface area contributed by atoms with Crippen LogP contribution in [0, 0.1) is 11.7 Å². The molecule has 1 aromatic carbocycles. The van der Waals surface area contributed by atoms with Crippen molar-refractivity contribution in [1.82, 2.24) is 0 Å². The minimum absolute atomic E-state index is 0.0131. The number of ether oxygens (including phenoxy) is 1. The Hall–Kier alpha value is -1.13. The smallest absolute Gasteiger partial charge is 0.309 e. The van der Waals surface area contributed by atoms with Gasteiger partial charge in [0.1, 0.15) is 5.82 Å². The van der Waals surface area contributed by atoms with Crippen LogP contribution in [0.4, 0.5) is 4.39 Å². The Balaban J connectivity index is 2.29. The summed E-state index contributed by atoms with van der Waals surface area (Å²) >= 11 is 5.68. The number of aliphatic carboxylic acids is 1. The lowest BCUT2D eigenvalue weighted by molar-refractivity contribution is -0.151. The first-order valence-corrected chi connectivity index (χ1v) is 5.77. The van der Waals surface area contributed by atoms with Crippen molar-refractivity contribution in [2.75, 3.05) is 6.61 Å². The molecule has 2 atom stereocenters. The quantitative estimate of drug-likeness (QED) is 0.887. The van der Waals surface area contributed by atoms with Gasteiger partial charge in [-0.25, -0.2) is 4.39 Å². The Morgan fingerprint density at radius 2 is 2.29 bits per heavy atom. The van der Waals surface area contributed by atoms with Crippen LogP contribution in [-0.2, 0) is 9.53 Å². The van der Waals surface area contributed by atoms with Gasteiger partial charge in [0.25, 0.3) is 0 Å². The highest BCUT2D eigenvalue weighted by atomic mass is 35.5. The lowest BCUT2D eigenvalue weighted by Gasteiger charge is -2.29. The molecule has 5 heteroatoms. The number of halogens is 2. The van der Waals surface area contributed by atoms with Crippen molar-refractivity contribution in [2.24, 2.45) is 5.92 Å². The first-order chi connectivity index (χ1) is 8.09. The number of carboxylic acid groups (broad SMARTS) is 1. The van der Waals surface area contributed by atoms with Crippen molar-refractivity contribution < 1.29 is 19.0 Å². The van der Waals surface area contributed by atoms with Gasteiger partial charge in [-0.05, 0) is 30.5 Å². The van der Waals surface area contributed by atoms with E-state index in [0.717, 1.165) is 6.42 Å². The number of hydrogen-bond donors (Lipinski definition) is 1. The summed E-state index contributed by atoms with van der Waals surface area (Å²) in [5.74, 6) is -2.00. The van der Waals surface area contributed by atoms with Crippen LogP contribution in [0.2, 0.25) is 5.02 Å². The molecule has 0 aliphatic carbocycles. The summed E-state index contributed by atoms with van der Waals surface area (Å²) in [5.41, 5.74) is 0.614. The van der Waals surface area contributed by atoms with Gasteiger partial charge < -0.3 is 9.84 Å². The minimum atomic E-state index is -0.893. The van der Waals surface area contributed by atoms with Gasteiger partial charge in [0.2, 0.25) is 0 Å². The topological polar surface area (TPSA) is 46.5 Å². The van der Waals surface area contributed by atoms with Crippen LogP contribution in [0.1, 0.15) is 24.5 Å². The fourth-order valence-corrected chi connectivity index (χ4v) is 2.24. The number of rotatable bonds is 2. The maximum atomic E-state index is 13.0. The summed E-state index contributed by atoms with van der Waals surface area (Å²) in [6.07, 6.45) is 0.747. The lowest BCUT2D eigenvalue weighted by atomic mass is 9.89. The number of hydrogen-bond acceptors (Lipinski definition) is 2. The molecule has 0 saturated carbocycles. The summed E-state index contributed by atoms with van der Waals surface area (Å²) in [4.78, 5) is 11.1. The molecular weight excluding hydrogens is 247 g/mol. The van der Waals surface area contributed by atoms with Crippen molar-refractivity contribution in [3.63, 3.8) is 0 Å². The van der Waals surface area contributed by atoms with E-state index in [-0.39, 0.29) is 5.02 Å². The zero-order chi connectivity index (χ0) is 12.4. The summed E-state index contributed by atoms with van der Waals surface area (Å²) in [6.45, 7) is 0.517. The fraction of sp³-hybridized carbons (Fsp3) is 0.417. The largest absolute Gasteiger partial charge is 0.481 e. The summed E-state index contributed by atoms with van der Waals surface area (Å²) < 4.78 is 18.5. The van der Waals surface area contributed by atoms with Gasteiger partial charge in [-0.2, -0.15) is 0 Å². The van der Waals surface area contributed by atoms with E-state index in [1.807, 2.05) is 0 Å². The van der Waals surface area contributed by atoms with Gasteiger partial charge in [-0.1, -0.05) is 17.7 Å². The van der Waals surface area contributed by atoms with Crippen molar-refractivity contribution in [1.29, 1.82) is 0 Å². The number of carbonyl (C=O) groups is 1. The SMILES string of the molecule is O=C(O)C1CCCOC1c1ccc(F)c(Cl)c1. The highest BCUT2D eigenvalue weighted by molar-refractivity contribution is 6.30. The second-order valence-electron chi connectivity index (χ2n) is 4.05. The van der Waals surface area contributed by atoms with Crippen LogP contribution < -0.4 is 0 Å². The summed E-state index contributed by atoms with van der Waals surface area (Å²) in [5, 5.41) is 9.09. The van der Waals surface area contributed by atoms with Crippen molar-refractivity contribution in [3.8, 4) is 0 Å². The van der Waals surface area contributed by atoms with E-state index in [9.17, 15) is 9.18 Å². The zero-order valence-electron chi connectivity index (χ0n) is 9.03. The molecule has 2 unspecified atom stereocenters. The molecule has 0 radical (unpaired) electrons. The van der Waals surface area contributed by atoms with Crippen molar-refractivity contribution in [3.05, 3.63) is 34.6 Å². The van der Waals surface area contributed by atoms with Crippen LogP contribution >= 0.6 is 11.6 Å². The Labute approximate surface area is 103 Å². The maximum absolute atomic E-state index is 13.0. The van der Waals surface area contributed by atoms with Crippen molar-refractivity contribution in [2.45, 2.75) is 18.9 Å². The van der Waals surface area contributed by atoms with Crippen LogP contribution in [-0.4, -0.2) is 17.7 Å². The predicted molar refractivity (Wildman–Crippen MR) is 60.5 cm³/mol. The second kappa shape index (κ2) is 5.02. The van der Waals surface area contributed by atoms with Crippen LogP contribution in [0.25, 0.3) is 0 Å². The maximum Gasteiger partial charge on any atom is 0.309 e. The minimum Gasteiger partial charge on any atom is -0.481 e. The van der Waals surface area contributed by atoms with E-state index in [4.69, 9.17) is 21.4 Å². The molecule has 1 N–H and O–H groups in total. The van der Waals surface area contributed by atoms with E-state index in [1.165, 1.54) is 18.2 Å². The van der Waals surface area contributed by atoms with E-state index >= 15 is 0 Å². The van der Waals surface area contributed by atoms with Gasteiger partial charge >= 0.3 is 5.97 Å². The fourth-order valence-electron chi connectivity index (χ4n) is 2.05. The lowest BCUT2D eigenvalue weighted by Crippen LogP contribution is -2.28. The molecule has 1 saturated heterocycles. The Morgan fingerprint density at radius 1 is 1.53 bits per heavy atom. The molecule has 17 heavy (non-hydrogen) atoms. The average molecular weight is 259 g/mol. The molecule has 0 spiro atoms. The number of carboxylic acids is 1. The third-order valence-electron chi connectivity index (χ3n) is 2.91. The molecule has 92 valence electrons. The van der Waals surface area contributed by atoms with E-state index in [2.05, 4.69) is 0 Å². The Kier molecular flexibility index (Phi) is 3.64. The summed E-state index contributed by atoms with van der Waals surface area (Å²) in [6, 6.07) is 4.19. The number of benzene rings is 1. The van der Waals surface area contributed by atoms with Gasteiger partial charge in [-0.15, -0.1) is 0 Å². The predicted octanol–water partition coefficient (Wildman–Crippen LogP) is 3.03. The van der Waals surface area contributed by atoms with Crippen LogP contribution in [0.5, 0.6) is 0 Å². The highest BCUT2D eigenvalue weighted by Gasteiger charge is 2.33. The Bertz CT molecular complexity index is 436. The standard InChI is InChI=1S/C12H12ClFO3/c13-9-6-7(3-4-10(9)14)11-8(12(15)16)2-1-5-17-11/h3-4,6,8,11H,1-2,5H2,(H,15,16). The first-order valence-electron chi connectivity index (χ1n) is 5.39. The molecule has 0 aromatic heterocycles. The van der Waals surface area contributed by atoms with Crippen LogP contribution in [0.3, 0.4) is 0 Å². The Morgan fingerprint density at radius 3 is 2.94 bits per heavy atom. The van der Waals surface area contributed by atoms with E-state index in [1.54, 1.807) is 0 Å². The van der Waals surface area contributed by atoms with E-state index < -0.39 is 23.8 Å². The molecular formula is C12H12ClFO3. The first kappa shape index (κ1) is 12.3. The molecule has 0 bridgehead atoms. The molecule has 3 nitrogen and oxygen atoms in total. The molecule has 2 rings (SSSR count). The molecule has 0 amide bonds.